The summed E-state index contributed by atoms with van der Waals surface area (Å²) in [4.78, 5) is 2.59. The second-order valence-electron chi connectivity index (χ2n) is 5.07. The summed E-state index contributed by atoms with van der Waals surface area (Å²) in [5, 5.41) is 0. The van der Waals surface area contributed by atoms with Crippen LogP contribution in [-0.4, -0.2) is 18.0 Å². The molecule has 1 saturated heterocycles. The van der Waals surface area contributed by atoms with Crippen LogP contribution in [0.2, 0.25) is 0 Å². The molecule has 2 heteroatoms. The van der Waals surface area contributed by atoms with Crippen LogP contribution in [0, 0.1) is 0 Å². The average Bonchev–Trinajstić information content (AvgIpc) is 2.33. The van der Waals surface area contributed by atoms with Crippen LogP contribution < -0.4 is 5.73 Å². The second kappa shape index (κ2) is 6.77. The summed E-state index contributed by atoms with van der Waals surface area (Å²) in [6, 6.07) is 8.70. The topological polar surface area (TPSA) is 29.3 Å². The quantitative estimate of drug-likeness (QED) is 0.868. The molecule has 17 heavy (non-hydrogen) atoms. The van der Waals surface area contributed by atoms with Gasteiger partial charge in [-0.05, 0) is 37.1 Å². The first-order valence-electron chi connectivity index (χ1n) is 6.89. The first-order valence-corrected chi connectivity index (χ1v) is 6.89. The van der Waals surface area contributed by atoms with E-state index in [1.54, 1.807) is 0 Å². The molecule has 94 valence electrons. The standard InChI is InChI=1S/C15H24N2/c16-12-14-7-6-8-15(11-14)13-17-9-4-2-1-3-5-10-17/h6-8,11H,1-5,9-10,12-13,16H2. The van der Waals surface area contributed by atoms with E-state index < -0.39 is 0 Å². The summed E-state index contributed by atoms with van der Waals surface area (Å²) in [6.07, 6.45) is 6.95. The molecule has 0 saturated carbocycles. The molecule has 0 amide bonds. The van der Waals surface area contributed by atoms with Gasteiger partial charge in [-0.2, -0.15) is 0 Å². The molecule has 1 heterocycles. The van der Waals surface area contributed by atoms with Crippen molar-refractivity contribution in [3.63, 3.8) is 0 Å². The van der Waals surface area contributed by atoms with E-state index in [9.17, 15) is 0 Å². The highest BCUT2D eigenvalue weighted by atomic mass is 15.1. The van der Waals surface area contributed by atoms with Gasteiger partial charge in [0.05, 0.1) is 0 Å². The smallest absolute Gasteiger partial charge is 0.0233 e. The SMILES string of the molecule is NCc1cccc(CN2CCCCCCC2)c1. The fourth-order valence-corrected chi connectivity index (χ4v) is 2.58. The van der Waals surface area contributed by atoms with Crippen molar-refractivity contribution in [1.82, 2.24) is 4.90 Å². The predicted octanol–water partition coefficient (Wildman–Crippen LogP) is 2.91. The molecule has 1 aliphatic heterocycles. The minimum atomic E-state index is 0.647. The van der Waals surface area contributed by atoms with Crippen LogP contribution in [-0.2, 0) is 13.1 Å². The average molecular weight is 232 g/mol. The third-order valence-corrected chi connectivity index (χ3v) is 3.58. The van der Waals surface area contributed by atoms with Gasteiger partial charge < -0.3 is 5.73 Å². The van der Waals surface area contributed by atoms with Gasteiger partial charge in [0, 0.05) is 13.1 Å². The van der Waals surface area contributed by atoms with Crippen LogP contribution in [0.5, 0.6) is 0 Å². The molecule has 2 rings (SSSR count). The Hall–Kier alpha value is -0.860. The molecule has 1 fully saturated rings. The maximum absolute atomic E-state index is 5.68. The molecule has 0 atom stereocenters. The third-order valence-electron chi connectivity index (χ3n) is 3.58. The van der Waals surface area contributed by atoms with Crippen molar-refractivity contribution in [2.24, 2.45) is 5.73 Å². The lowest BCUT2D eigenvalue weighted by Crippen LogP contribution is -2.26. The Morgan fingerprint density at radius 1 is 0.941 bits per heavy atom. The van der Waals surface area contributed by atoms with Crippen LogP contribution in [0.4, 0.5) is 0 Å². The van der Waals surface area contributed by atoms with Crippen molar-refractivity contribution < 1.29 is 0 Å². The van der Waals surface area contributed by atoms with Crippen molar-refractivity contribution in [1.29, 1.82) is 0 Å². The Balaban J connectivity index is 1.93. The highest BCUT2D eigenvalue weighted by Gasteiger charge is 2.08. The Labute approximate surface area is 105 Å². The van der Waals surface area contributed by atoms with E-state index in [0.29, 0.717) is 6.54 Å². The summed E-state index contributed by atoms with van der Waals surface area (Å²) in [5.41, 5.74) is 8.34. The first kappa shape index (κ1) is 12.6. The molecule has 0 aromatic heterocycles. The normalized spacial score (nSPS) is 18.6. The molecule has 1 aromatic carbocycles. The number of rotatable bonds is 3. The zero-order valence-corrected chi connectivity index (χ0v) is 10.7. The minimum absolute atomic E-state index is 0.647. The molecule has 1 aromatic rings. The van der Waals surface area contributed by atoms with Crippen molar-refractivity contribution in [2.45, 2.75) is 45.2 Å². The largest absolute Gasteiger partial charge is 0.326 e. The van der Waals surface area contributed by atoms with E-state index in [-0.39, 0.29) is 0 Å². The Morgan fingerprint density at radius 2 is 1.59 bits per heavy atom. The van der Waals surface area contributed by atoms with E-state index >= 15 is 0 Å². The van der Waals surface area contributed by atoms with Crippen molar-refractivity contribution in [2.75, 3.05) is 13.1 Å². The van der Waals surface area contributed by atoms with E-state index in [0.717, 1.165) is 6.54 Å². The number of likely N-dealkylation sites (tertiary alicyclic amines) is 1. The van der Waals surface area contributed by atoms with Crippen LogP contribution in [0.3, 0.4) is 0 Å². The lowest BCUT2D eigenvalue weighted by Gasteiger charge is -2.24. The minimum Gasteiger partial charge on any atom is -0.326 e. The number of hydrogen-bond donors (Lipinski definition) is 1. The van der Waals surface area contributed by atoms with Gasteiger partial charge in [-0.1, -0.05) is 43.5 Å². The van der Waals surface area contributed by atoms with Crippen LogP contribution in [0.1, 0.15) is 43.2 Å². The molecule has 0 bridgehead atoms. The first-order chi connectivity index (χ1) is 8.38. The number of nitrogens with zero attached hydrogens (tertiary/aromatic N) is 1. The fraction of sp³-hybridized carbons (Fsp3) is 0.600. The highest BCUT2D eigenvalue weighted by Crippen LogP contribution is 2.14. The molecule has 2 N–H and O–H groups in total. The van der Waals surface area contributed by atoms with Gasteiger partial charge >= 0.3 is 0 Å². The fourth-order valence-electron chi connectivity index (χ4n) is 2.58. The van der Waals surface area contributed by atoms with Crippen LogP contribution >= 0.6 is 0 Å². The summed E-state index contributed by atoms with van der Waals surface area (Å²) in [5.74, 6) is 0. The Morgan fingerprint density at radius 3 is 2.29 bits per heavy atom. The summed E-state index contributed by atoms with van der Waals surface area (Å²) >= 11 is 0. The van der Waals surface area contributed by atoms with E-state index in [1.165, 1.54) is 56.3 Å². The molecule has 1 aliphatic rings. The molecule has 2 nitrogen and oxygen atoms in total. The van der Waals surface area contributed by atoms with Crippen LogP contribution in [0.25, 0.3) is 0 Å². The van der Waals surface area contributed by atoms with Gasteiger partial charge in [0.25, 0.3) is 0 Å². The van der Waals surface area contributed by atoms with Gasteiger partial charge in [0.15, 0.2) is 0 Å². The van der Waals surface area contributed by atoms with Crippen molar-refractivity contribution in [3.8, 4) is 0 Å². The number of benzene rings is 1. The molecule has 0 spiro atoms. The van der Waals surface area contributed by atoms with Gasteiger partial charge in [0.2, 0.25) is 0 Å². The highest BCUT2D eigenvalue weighted by molar-refractivity contribution is 5.23. The zero-order chi connectivity index (χ0) is 11.9. The lowest BCUT2D eigenvalue weighted by atomic mass is 10.1. The van der Waals surface area contributed by atoms with E-state index in [2.05, 4.69) is 29.2 Å². The second-order valence-corrected chi connectivity index (χ2v) is 5.07. The van der Waals surface area contributed by atoms with Crippen molar-refractivity contribution >= 4 is 0 Å². The van der Waals surface area contributed by atoms with E-state index in [1.807, 2.05) is 0 Å². The van der Waals surface area contributed by atoms with Gasteiger partial charge in [-0.3, -0.25) is 4.90 Å². The van der Waals surface area contributed by atoms with E-state index in [4.69, 9.17) is 5.73 Å². The Bertz CT molecular complexity index is 327. The third kappa shape index (κ3) is 4.14. The monoisotopic (exact) mass is 232 g/mol. The predicted molar refractivity (Wildman–Crippen MR) is 72.7 cm³/mol. The molecule has 0 unspecified atom stereocenters. The zero-order valence-electron chi connectivity index (χ0n) is 10.7. The lowest BCUT2D eigenvalue weighted by molar-refractivity contribution is 0.240. The summed E-state index contributed by atoms with van der Waals surface area (Å²) < 4.78 is 0. The van der Waals surface area contributed by atoms with Crippen molar-refractivity contribution in [3.05, 3.63) is 35.4 Å². The molecular formula is C15H24N2. The van der Waals surface area contributed by atoms with Gasteiger partial charge in [-0.25, -0.2) is 0 Å². The Kier molecular flexibility index (Phi) is 5.02. The van der Waals surface area contributed by atoms with Gasteiger partial charge in [-0.15, -0.1) is 0 Å². The number of hydrogen-bond acceptors (Lipinski definition) is 2. The molecule has 0 aliphatic carbocycles. The van der Waals surface area contributed by atoms with Gasteiger partial charge in [0.1, 0.15) is 0 Å². The van der Waals surface area contributed by atoms with Crippen LogP contribution in [0.15, 0.2) is 24.3 Å². The molecule has 0 radical (unpaired) electrons. The summed E-state index contributed by atoms with van der Waals surface area (Å²) in [7, 11) is 0. The maximum Gasteiger partial charge on any atom is 0.0233 e. The number of nitrogens with two attached hydrogens (primary N) is 1. The maximum atomic E-state index is 5.68. The summed E-state index contributed by atoms with van der Waals surface area (Å²) in [6.45, 7) is 4.25. The molecular weight excluding hydrogens is 208 g/mol.